The monoisotopic (exact) mass is 469 g/mol. The zero-order chi connectivity index (χ0) is 23.6. The van der Waals surface area contributed by atoms with Crippen molar-refractivity contribution in [2.75, 3.05) is 11.9 Å². The molecule has 6 nitrogen and oxygen atoms in total. The van der Waals surface area contributed by atoms with Crippen molar-refractivity contribution in [1.82, 2.24) is 9.55 Å². The number of nitrogens with zero attached hydrogens (tertiary/aromatic N) is 2. The van der Waals surface area contributed by atoms with Crippen molar-refractivity contribution in [1.29, 1.82) is 0 Å². The van der Waals surface area contributed by atoms with Gasteiger partial charge in [-0.2, -0.15) is 13.2 Å². The number of amides is 1. The van der Waals surface area contributed by atoms with Crippen molar-refractivity contribution in [3.05, 3.63) is 75.9 Å². The molecule has 168 valence electrons. The second-order valence-electron chi connectivity index (χ2n) is 6.77. The second kappa shape index (κ2) is 8.99. The van der Waals surface area contributed by atoms with E-state index < -0.39 is 41.1 Å². The number of hydrogen-bond acceptors (Lipinski definition) is 4. The van der Waals surface area contributed by atoms with Gasteiger partial charge in [-0.25, -0.2) is 14.2 Å². The van der Waals surface area contributed by atoms with Crippen molar-refractivity contribution in [3.8, 4) is 5.69 Å². The van der Waals surface area contributed by atoms with Crippen LogP contribution in [0.3, 0.4) is 0 Å². The van der Waals surface area contributed by atoms with Crippen LogP contribution >= 0.6 is 11.6 Å². The van der Waals surface area contributed by atoms with E-state index >= 15 is 0 Å². The van der Waals surface area contributed by atoms with Gasteiger partial charge in [0.2, 0.25) is 0 Å². The van der Waals surface area contributed by atoms with Gasteiger partial charge in [0.05, 0.1) is 16.1 Å². The maximum Gasteiger partial charge on any atom is 0.417 e. The number of benzene rings is 1. The van der Waals surface area contributed by atoms with E-state index in [0.29, 0.717) is 29.3 Å². The van der Waals surface area contributed by atoms with Crippen LogP contribution in [0, 0.1) is 19.7 Å². The average Bonchev–Trinajstić information content (AvgIpc) is 3.02. The summed E-state index contributed by atoms with van der Waals surface area (Å²) in [5.41, 5.74) is 0.980. The van der Waals surface area contributed by atoms with Gasteiger partial charge in [0.15, 0.2) is 12.4 Å². The minimum atomic E-state index is -4.63. The van der Waals surface area contributed by atoms with Gasteiger partial charge in [-0.15, -0.1) is 0 Å². The smallest absolute Gasteiger partial charge is 0.417 e. The van der Waals surface area contributed by atoms with Crippen LogP contribution in [0.4, 0.5) is 23.4 Å². The molecule has 0 aliphatic rings. The number of anilines is 1. The zero-order valence-electron chi connectivity index (χ0n) is 16.8. The van der Waals surface area contributed by atoms with Crippen LogP contribution < -0.4 is 5.32 Å². The lowest BCUT2D eigenvalue weighted by Gasteiger charge is -2.11. The van der Waals surface area contributed by atoms with Crippen molar-refractivity contribution in [2.45, 2.75) is 20.0 Å². The quantitative estimate of drug-likeness (QED) is 0.417. The largest absolute Gasteiger partial charge is 0.452 e. The molecular weight excluding hydrogens is 454 g/mol. The molecule has 0 aliphatic heterocycles. The fourth-order valence-corrected chi connectivity index (χ4v) is 3.23. The molecule has 1 amide bonds. The van der Waals surface area contributed by atoms with E-state index in [1.807, 2.05) is 0 Å². The minimum absolute atomic E-state index is 0.199. The number of halogens is 5. The molecule has 2 aromatic heterocycles. The Labute approximate surface area is 184 Å². The van der Waals surface area contributed by atoms with Gasteiger partial charge in [0, 0.05) is 23.3 Å². The maximum absolute atomic E-state index is 13.2. The summed E-state index contributed by atoms with van der Waals surface area (Å²) in [4.78, 5) is 28.0. The van der Waals surface area contributed by atoms with Crippen LogP contribution in [0.5, 0.6) is 0 Å². The fraction of sp³-hybridized carbons (Fsp3) is 0.190. The van der Waals surface area contributed by atoms with E-state index in [2.05, 4.69) is 10.3 Å². The Hall–Kier alpha value is -3.40. The third-order valence-electron chi connectivity index (χ3n) is 4.50. The number of ether oxygens (including phenoxy) is 1. The van der Waals surface area contributed by atoms with Gasteiger partial charge < -0.3 is 14.6 Å². The van der Waals surface area contributed by atoms with Crippen LogP contribution in [-0.4, -0.2) is 28.0 Å². The first kappa shape index (κ1) is 23.3. The van der Waals surface area contributed by atoms with Crippen LogP contribution in [0.15, 0.2) is 42.6 Å². The van der Waals surface area contributed by atoms with Crippen molar-refractivity contribution >= 4 is 29.3 Å². The number of alkyl halides is 3. The fourth-order valence-electron chi connectivity index (χ4n) is 3.02. The molecule has 3 rings (SSSR count). The standard InChI is InChI=1S/C21H16ClF4N3O3/c1-11-7-16(12(2)29(11)15-5-3-14(23)4-6-15)20(31)32-10-18(30)28-19-17(22)8-13(9-27-19)21(24,25)26/h3-9H,10H2,1-2H3,(H,27,28,30). The average molecular weight is 470 g/mol. The molecule has 0 fully saturated rings. The number of hydrogen-bond donors (Lipinski definition) is 1. The van der Waals surface area contributed by atoms with Gasteiger partial charge in [0.25, 0.3) is 5.91 Å². The maximum atomic E-state index is 13.2. The number of aryl methyl sites for hydroxylation is 1. The molecule has 0 spiro atoms. The minimum Gasteiger partial charge on any atom is -0.452 e. The first-order valence-corrected chi connectivity index (χ1v) is 9.49. The Bertz CT molecular complexity index is 1170. The highest BCUT2D eigenvalue weighted by molar-refractivity contribution is 6.33. The number of esters is 1. The predicted molar refractivity (Wildman–Crippen MR) is 108 cm³/mol. The van der Waals surface area contributed by atoms with Gasteiger partial charge in [-0.1, -0.05) is 11.6 Å². The van der Waals surface area contributed by atoms with Gasteiger partial charge in [-0.05, 0) is 50.2 Å². The SMILES string of the molecule is Cc1cc(C(=O)OCC(=O)Nc2ncc(C(F)(F)F)cc2Cl)c(C)n1-c1ccc(F)cc1. The third kappa shape index (κ3) is 5.08. The summed E-state index contributed by atoms with van der Waals surface area (Å²) in [6.07, 6.45) is -4.10. The summed E-state index contributed by atoms with van der Waals surface area (Å²) in [5, 5.41) is 1.78. The van der Waals surface area contributed by atoms with Gasteiger partial charge in [0.1, 0.15) is 5.82 Å². The highest BCUT2D eigenvalue weighted by Crippen LogP contribution is 2.32. The summed E-state index contributed by atoms with van der Waals surface area (Å²) in [5.74, 6) is -2.31. The molecule has 2 heterocycles. The normalized spacial score (nSPS) is 11.3. The summed E-state index contributed by atoms with van der Waals surface area (Å²) in [6.45, 7) is 2.70. The molecule has 0 bridgehead atoms. The van der Waals surface area contributed by atoms with E-state index in [0.717, 1.165) is 0 Å². The summed E-state index contributed by atoms with van der Waals surface area (Å²) >= 11 is 5.74. The Balaban J connectivity index is 1.67. The van der Waals surface area contributed by atoms with E-state index in [9.17, 15) is 27.2 Å². The third-order valence-corrected chi connectivity index (χ3v) is 4.78. The highest BCUT2D eigenvalue weighted by Gasteiger charge is 2.31. The number of rotatable bonds is 5. The number of nitrogens with one attached hydrogen (secondary N) is 1. The first-order chi connectivity index (χ1) is 15.0. The molecule has 0 atom stereocenters. The molecule has 3 aromatic rings. The molecule has 32 heavy (non-hydrogen) atoms. The van der Waals surface area contributed by atoms with Crippen molar-refractivity contribution in [2.24, 2.45) is 0 Å². The Kier molecular flexibility index (Phi) is 6.54. The topological polar surface area (TPSA) is 73.2 Å². The molecule has 0 unspecified atom stereocenters. The number of aromatic nitrogens is 2. The Morgan fingerprint density at radius 2 is 1.81 bits per heavy atom. The summed E-state index contributed by atoms with van der Waals surface area (Å²) < 4.78 is 57.9. The van der Waals surface area contributed by atoms with E-state index in [1.165, 1.54) is 12.1 Å². The second-order valence-corrected chi connectivity index (χ2v) is 7.18. The van der Waals surface area contributed by atoms with E-state index in [-0.39, 0.29) is 11.4 Å². The predicted octanol–water partition coefficient (Wildman–Crippen LogP) is 5.10. The number of carbonyl (C=O) groups is 2. The highest BCUT2D eigenvalue weighted by atomic mass is 35.5. The molecular formula is C21H16ClF4N3O3. The van der Waals surface area contributed by atoms with Crippen LogP contribution in [0.25, 0.3) is 5.69 Å². The number of carbonyl (C=O) groups excluding carboxylic acids is 2. The molecule has 1 N–H and O–H groups in total. The lowest BCUT2D eigenvalue weighted by atomic mass is 10.2. The summed E-state index contributed by atoms with van der Waals surface area (Å²) in [6, 6.07) is 7.87. The first-order valence-electron chi connectivity index (χ1n) is 9.12. The molecule has 0 saturated carbocycles. The molecule has 11 heteroatoms. The van der Waals surface area contributed by atoms with Crippen molar-refractivity contribution in [3.63, 3.8) is 0 Å². The lowest BCUT2D eigenvalue weighted by Crippen LogP contribution is -2.22. The zero-order valence-corrected chi connectivity index (χ0v) is 17.5. The molecule has 0 aliphatic carbocycles. The summed E-state index contributed by atoms with van der Waals surface area (Å²) in [7, 11) is 0. The molecule has 1 aromatic carbocycles. The molecule has 0 radical (unpaired) electrons. The van der Waals surface area contributed by atoms with Crippen LogP contribution in [0.2, 0.25) is 5.02 Å². The van der Waals surface area contributed by atoms with Gasteiger partial charge >= 0.3 is 12.1 Å². The van der Waals surface area contributed by atoms with E-state index in [1.54, 1.807) is 36.6 Å². The Morgan fingerprint density at radius 3 is 2.41 bits per heavy atom. The van der Waals surface area contributed by atoms with Gasteiger partial charge in [-0.3, -0.25) is 4.79 Å². The lowest BCUT2D eigenvalue weighted by molar-refractivity contribution is -0.137. The molecule has 0 saturated heterocycles. The van der Waals surface area contributed by atoms with E-state index in [4.69, 9.17) is 16.3 Å². The Morgan fingerprint density at radius 1 is 1.16 bits per heavy atom. The van der Waals surface area contributed by atoms with Crippen molar-refractivity contribution < 1.29 is 31.9 Å². The van der Waals surface area contributed by atoms with Crippen LogP contribution in [-0.2, 0) is 15.7 Å². The van der Waals surface area contributed by atoms with Crippen LogP contribution in [0.1, 0.15) is 27.3 Å². The number of pyridine rings is 1.